The lowest BCUT2D eigenvalue weighted by Crippen LogP contribution is -2.38. The first kappa shape index (κ1) is 16.4. The van der Waals surface area contributed by atoms with E-state index in [4.69, 9.17) is 21.1 Å². The van der Waals surface area contributed by atoms with Crippen LogP contribution in [0.5, 0.6) is 0 Å². The van der Waals surface area contributed by atoms with E-state index in [-0.39, 0.29) is 6.04 Å². The van der Waals surface area contributed by atoms with Crippen molar-refractivity contribution in [3.63, 3.8) is 0 Å². The van der Waals surface area contributed by atoms with Gasteiger partial charge in [-0.2, -0.15) is 0 Å². The molecule has 19 heavy (non-hydrogen) atoms. The molecule has 0 fully saturated rings. The molecule has 0 aliphatic heterocycles. The predicted molar refractivity (Wildman–Crippen MR) is 76.5 cm³/mol. The van der Waals surface area contributed by atoms with Gasteiger partial charge >= 0.3 is 0 Å². The number of hydrogen-bond donors (Lipinski definition) is 2. The third-order valence-corrected chi connectivity index (χ3v) is 2.86. The average Bonchev–Trinajstić information content (AvgIpc) is 2.39. The van der Waals surface area contributed by atoms with Crippen molar-refractivity contribution in [3.8, 4) is 0 Å². The highest BCUT2D eigenvalue weighted by Gasteiger charge is 2.07. The van der Waals surface area contributed by atoms with Crippen molar-refractivity contribution in [2.75, 3.05) is 26.9 Å². The molecule has 2 atom stereocenters. The summed E-state index contributed by atoms with van der Waals surface area (Å²) in [5.74, 6) is 0. The summed E-state index contributed by atoms with van der Waals surface area (Å²) in [4.78, 5) is 0. The minimum Gasteiger partial charge on any atom is -0.389 e. The Morgan fingerprint density at radius 3 is 2.58 bits per heavy atom. The maximum absolute atomic E-state index is 9.74. The van der Waals surface area contributed by atoms with Crippen molar-refractivity contribution in [1.29, 1.82) is 0 Å². The summed E-state index contributed by atoms with van der Waals surface area (Å²) >= 11 is 5.79. The van der Waals surface area contributed by atoms with Gasteiger partial charge in [-0.25, -0.2) is 0 Å². The lowest BCUT2D eigenvalue weighted by molar-refractivity contribution is 0.0264. The number of hydrogen-bond acceptors (Lipinski definition) is 4. The molecule has 5 heteroatoms. The van der Waals surface area contributed by atoms with E-state index in [1.165, 1.54) is 0 Å². The van der Waals surface area contributed by atoms with E-state index in [0.717, 1.165) is 5.56 Å². The number of aliphatic hydroxyl groups is 1. The summed E-state index contributed by atoms with van der Waals surface area (Å²) in [6, 6.07) is 7.69. The molecule has 0 spiro atoms. The Labute approximate surface area is 119 Å². The maximum atomic E-state index is 9.74. The second kappa shape index (κ2) is 9.28. The molecule has 2 N–H and O–H groups in total. The van der Waals surface area contributed by atoms with Crippen LogP contribution in [0.4, 0.5) is 0 Å². The third kappa shape index (κ3) is 7.50. The predicted octanol–water partition coefficient (Wildman–Crippen LogP) is 1.84. The highest BCUT2D eigenvalue weighted by atomic mass is 35.5. The van der Waals surface area contributed by atoms with Gasteiger partial charge in [0.2, 0.25) is 0 Å². The number of rotatable bonds is 9. The average molecular weight is 288 g/mol. The van der Waals surface area contributed by atoms with E-state index in [0.29, 0.717) is 31.4 Å². The van der Waals surface area contributed by atoms with Gasteiger partial charge < -0.3 is 19.9 Å². The van der Waals surface area contributed by atoms with Gasteiger partial charge in [0.25, 0.3) is 0 Å². The molecule has 0 radical (unpaired) electrons. The van der Waals surface area contributed by atoms with Gasteiger partial charge in [0.15, 0.2) is 0 Å². The summed E-state index contributed by atoms with van der Waals surface area (Å²) in [7, 11) is 1.66. The van der Waals surface area contributed by atoms with Crippen molar-refractivity contribution in [1.82, 2.24) is 5.32 Å². The van der Waals surface area contributed by atoms with Gasteiger partial charge in [-0.3, -0.25) is 0 Å². The number of ether oxygens (including phenoxy) is 2. The second-order valence-electron chi connectivity index (χ2n) is 4.56. The van der Waals surface area contributed by atoms with Crippen molar-refractivity contribution < 1.29 is 14.6 Å². The number of aliphatic hydroxyl groups excluding tert-OH is 1. The Morgan fingerprint density at radius 1 is 1.26 bits per heavy atom. The Hall–Kier alpha value is -0.650. The zero-order valence-corrected chi connectivity index (χ0v) is 12.2. The van der Waals surface area contributed by atoms with Gasteiger partial charge in [-0.05, 0) is 24.6 Å². The molecule has 0 bridgehead atoms. The second-order valence-corrected chi connectivity index (χ2v) is 5.00. The van der Waals surface area contributed by atoms with E-state index in [1.807, 2.05) is 31.2 Å². The van der Waals surface area contributed by atoms with Crippen LogP contribution in [0, 0.1) is 0 Å². The first-order valence-corrected chi connectivity index (χ1v) is 6.72. The van der Waals surface area contributed by atoms with E-state index >= 15 is 0 Å². The van der Waals surface area contributed by atoms with E-state index in [1.54, 1.807) is 7.11 Å². The molecular weight excluding hydrogens is 266 g/mol. The van der Waals surface area contributed by atoms with Crippen LogP contribution >= 0.6 is 11.6 Å². The molecule has 0 aliphatic rings. The van der Waals surface area contributed by atoms with Gasteiger partial charge in [-0.15, -0.1) is 0 Å². The standard InChI is InChI=1S/C14H22ClNO3/c1-11(8-18-2)16-7-14(17)10-19-9-12-3-5-13(15)6-4-12/h3-6,11,14,16-17H,7-10H2,1-2H3. The molecule has 0 aromatic heterocycles. The molecule has 0 saturated heterocycles. The first-order valence-electron chi connectivity index (χ1n) is 6.34. The van der Waals surface area contributed by atoms with Crippen LogP contribution in [0.3, 0.4) is 0 Å². The molecule has 1 aromatic rings. The zero-order chi connectivity index (χ0) is 14.1. The Balaban J connectivity index is 2.13. The fraction of sp³-hybridized carbons (Fsp3) is 0.571. The monoisotopic (exact) mass is 287 g/mol. The molecule has 4 nitrogen and oxygen atoms in total. The third-order valence-electron chi connectivity index (χ3n) is 2.61. The Morgan fingerprint density at radius 2 is 1.95 bits per heavy atom. The van der Waals surface area contributed by atoms with Gasteiger partial charge in [0, 0.05) is 24.7 Å². The quantitative estimate of drug-likeness (QED) is 0.728. The van der Waals surface area contributed by atoms with Gasteiger partial charge in [0.05, 0.1) is 25.9 Å². The molecular formula is C14H22ClNO3. The molecule has 2 unspecified atom stereocenters. The molecule has 0 saturated carbocycles. The largest absolute Gasteiger partial charge is 0.389 e. The summed E-state index contributed by atoms with van der Waals surface area (Å²) in [5.41, 5.74) is 1.04. The van der Waals surface area contributed by atoms with Crippen molar-refractivity contribution >= 4 is 11.6 Å². The van der Waals surface area contributed by atoms with Crippen LogP contribution in [-0.2, 0) is 16.1 Å². The number of halogens is 1. The van der Waals surface area contributed by atoms with E-state index < -0.39 is 6.10 Å². The van der Waals surface area contributed by atoms with E-state index in [2.05, 4.69) is 5.32 Å². The van der Waals surface area contributed by atoms with Gasteiger partial charge in [-0.1, -0.05) is 23.7 Å². The topological polar surface area (TPSA) is 50.7 Å². The summed E-state index contributed by atoms with van der Waals surface area (Å²) in [6.07, 6.45) is -0.522. The highest BCUT2D eigenvalue weighted by molar-refractivity contribution is 6.30. The maximum Gasteiger partial charge on any atom is 0.0897 e. The zero-order valence-electron chi connectivity index (χ0n) is 11.4. The molecule has 0 heterocycles. The van der Waals surface area contributed by atoms with Crippen LogP contribution in [0.15, 0.2) is 24.3 Å². The smallest absolute Gasteiger partial charge is 0.0897 e. The highest BCUT2D eigenvalue weighted by Crippen LogP contribution is 2.10. The van der Waals surface area contributed by atoms with Crippen molar-refractivity contribution in [3.05, 3.63) is 34.9 Å². The molecule has 0 amide bonds. The van der Waals surface area contributed by atoms with Crippen molar-refractivity contribution in [2.45, 2.75) is 25.7 Å². The molecule has 108 valence electrons. The lowest BCUT2D eigenvalue weighted by atomic mass is 10.2. The molecule has 0 aliphatic carbocycles. The summed E-state index contributed by atoms with van der Waals surface area (Å²) in [6.45, 7) is 3.89. The van der Waals surface area contributed by atoms with E-state index in [9.17, 15) is 5.11 Å². The normalized spacial score (nSPS) is 14.3. The summed E-state index contributed by atoms with van der Waals surface area (Å²) < 4.78 is 10.4. The first-order chi connectivity index (χ1) is 9.11. The molecule has 1 rings (SSSR count). The van der Waals surface area contributed by atoms with Crippen molar-refractivity contribution in [2.24, 2.45) is 0 Å². The Kier molecular flexibility index (Phi) is 8.02. The van der Waals surface area contributed by atoms with Gasteiger partial charge in [0.1, 0.15) is 0 Å². The number of methoxy groups -OCH3 is 1. The van der Waals surface area contributed by atoms with Crippen LogP contribution < -0.4 is 5.32 Å². The van der Waals surface area contributed by atoms with Crippen LogP contribution in [0.25, 0.3) is 0 Å². The Bertz CT molecular complexity index is 345. The SMILES string of the molecule is COCC(C)NCC(O)COCc1ccc(Cl)cc1. The number of benzene rings is 1. The molecule has 1 aromatic carbocycles. The summed E-state index contributed by atoms with van der Waals surface area (Å²) in [5, 5.41) is 13.6. The minimum absolute atomic E-state index is 0.218. The van der Waals surface area contributed by atoms with Crippen LogP contribution in [0.1, 0.15) is 12.5 Å². The fourth-order valence-corrected chi connectivity index (χ4v) is 1.72. The fourth-order valence-electron chi connectivity index (χ4n) is 1.60. The van der Waals surface area contributed by atoms with Crippen LogP contribution in [0.2, 0.25) is 5.02 Å². The number of nitrogens with one attached hydrogen (secondary N) is 1. The minimum atomic E-state index is -0.522. The lowest BCUT2D eigenvalue weighted by Gasteiger charge is -2.16. The van der Waals surface area contributed by atoms with Crippen LogP contribution in [-0.4, -0.2) is 44.1 Å².